The van der Waals surface area contributed by atoms with Crippen molar-refractivity contribution in [3.8, 4) is 0 Å². The Bertz CT molecular complexity index is 618. The predicted molar refractivity (Wildman–Crippen MR) is 74.7 cm³/mol. The maximum absolute atomic E-state index is 11.9. The van der Waals surface area contributed by atoms with Crippen LogP contribution in [0.4, 0.5) is 0 Å². The lowest BCUT2D eigenvalue weighted by Gasteiger charge is -2.20. The van der Waals surface area contributed by atoms with Gasteiger partial charge in [0.05, 0.1) is 15.6 Å². The fraction of sp³-hybridized carbons (Fsp3) is 0.364. The smallest absolute Gasteiger partial charge is 0.340 e. The van der Waals surface area contributed by atoms with Crippen molar-refractivity contribution in [1.29, 1.82) is 0 Å². The highest BCUT2D eigenvalue weighted by atomic mass is 35.7. The number of rotatable bonds is 2. The number of hydrogen-bond donors (Lipinski definition) is 0. The molecule has 0 aromatic heterocycles. The summed E-state index contributed by atoms with van der Waals surface area (Å²) in [5.41, 5.74) is -0.847. The van der Waals surface area contributed by atoms with Crippen LogP contribution in [-0.2, 0) is 13.8 Å². The first-order chi connectivity index (χ1) is 8.42. The molecule has 19 heavy (non-hydrogen) atoms. The summed E-state index contributed by atoms with van der Waals surface area (Å²) in [6, 6.07) is 2.14. The predicted octanol–water partition coefficient (Wildman–Crippen LogP) is 3.88. The molecular formula is C11H11Cl3O4S. The molecule has 0 aliphatic carbocycles. The second kappa shape index (κ2) is 5.48. The standard InChI is InChI=1S/C11H11Cl3O4S/c1-11(2,3)18-10(15)6-4-9(19(14,16)17)8(13)5-7(6)12/h4-5H,1-3H3. The van der Waals surface area contributed by atoms with E-state index < -0.39 is 20.6 Å². The van der Waals surface area contributed by atoms with Crippen LogP contribution < -0.4 is 0 Å². The van der Waals surface area contributed by atoms with Crippen LogP contribution in [0, 0.1) is 0 Å². The quantitative estimate of drug-likeness (QED) is 0.603. The Morgan fingerprint density at radius 1 is 1.16 bits per heavy atom. The average Bonchev–Trinajstić information content (AvgIpc) is 2.11. The molecule has 0 fully saturated rings. The van der Waals surface area contributed by atoms with Gasteiger partial charge in [-0.15, -0.1) is 0 Å². The Hall–Kier alpha value is -0.490. The first-order valence-corrected chi connectivity index (χ1v) is 8.15. The number of ether oxygens (including phenoxy) is 1. The van der Waals surface area contributed by atoms with Crippen LogP contribution in [0.25, 0.3) is 0 Å². The average molecular weight is 346 g/mol. The van der Waals surface area contributed by atoms with E-state index in [1.807, 2.05) is 0 Å². The molecule has 4 nitrogen and oxygen atoms in total. The van der Waals surface area contributed by atoms with Crippen LogP contribution in [0.3, 0.4) is 0 Å². The molecule has 0 bridgehead atoms. The third-order valence-corrected chi connectivity index (χ3v) is 4.00. The lowest BCUT2D eigenvalue weighted by Crippen LogP contribution is -2.24. The van der Waals surface area contributed by atoms with Crippen LogP contribution in [0.15, 0.2) is 17.0 Å². The molecule has 0 radical (unpaired) electrons. The van der Waals surface area contributed by atoms with Gasteiger partial charge < -0.3 is 4.74 Å². The summed E-state index contributed by atoms with van der Waals surface area (Å²) >= 11 is 11.6. The molecule has 0 atom stereocenters. The van der Waals surface area contributed by atoms with Gasteiger partial charge in [-0.25, -0.2) is 13.2 Å². The van der Waals surface area contributed by atoms with Gasteiger partial charge in [-0.3, -0.25) is 0 Å². The van der Waals surface area contributed by atoms with Crippen molar-refractivity contribution in [3.63, 3.8) is 0 Å². The first-order valence-electron chi connectivity index (χ1n) is 5.09. The molecule has 0 aliphatic rings. The van der Waals surface area contributed by atoms with E-state index in [0.29, 0.717) is 0 Å². The van der Waals surface area contributed by atoms with Crippen molar-refractivity contribution in [2.75, 3.05) is 0 Å². The third kappa shape index (κ3) is 4.53. The summed E-state index contributed by atoms with van der Waals surface area (Å²) in [7, 11) is 1.14. The van der Waals surface area contributed by atoms with Crippen LogP contribution in [-0.4, -0.2) is 20.0 Å². The summed E-state index contributed by atoms with van der Waals surface area (Å²) in [6.45, 7) is 5.02. The van der Waals surface area contributed by atoms with Crippen molar-refractivity contribution < 1.29 is 17.9 Å². The van der Waals surface area contributed by atoms with Gasteiger partial charge in [0.25, 0.3) is 9.05 Å². The number of esters is 1. The van der Waals surface area contributed by atoms with E-state index in [9.17, 15) is 13.2 Å². The normalized spacial score (nSPS) is 12.3. The Morgan fingerprint density at radius 3 is 2.11 bits per heavy atom. The molecule has 0 spiro atoms. The summed E-state index contributed by atoms with van der Waals surface area (Å²) in [6.07, 6.45) is 0. The highest BCUT2D eigenvalue weighted by molar-refractivity contribution is 8.13. The second-order valence-corrected chi connectivity index (χ2v) is 8.05. The van der Waals surface area contributed by atoms with Gasteiger partial charge in [-0.05, 0) is 32.9 Å². The van der Waals surface area contributed by atoms with Gasteiger partial charge in [-0.1, -0.05) is 23.2 Å². The van der Waals surface area contributed by atoms with Crippen LogP contribution >= 0.6 is 33.9 Å². The van der Waals surface area contributed by atoms with E-state index >= 15 is 0 Å². The van der Waals surface area contributed by atoms with Crippen molar-refractivity contribution in [2.45, 2.75) is 31.3 Å². The van der Waals surface area contributed by atoms with Crippen molar-refractivity contribution in [2.24, 2.45) is 0 Å². The van der Waals surface area contributed by atoms with E-state index in [1.165, 1.54) is 0 Å². The zero-order chi connectivity index (χ0) is 15.0. The molecule has 0 heterocycles. The molecule has 0 saturated carbocycles. The monoisotopic (exact) mass is 344 g/mol. The van der Waals surface area contributed by atoms with Crippen LogP contribution in [0.1, 0.15) is 31.1 Å². The minimum absolute atomic E-state index is 0.0108. The van der Waals surface area contributed by atoms with Gasteiger partial charge >= 0.3 is 5.97 Å². The van der Waals surface area contributed by atoms with E-state index in [4.69, 9.17) is 38.6 Å². The number of halogens is 3. The summed E-state index contributed by atoms with van der Waals surface area (Å²) < 4.78 is 27.7. The van der Waals surface area contributed by atoms with E-state index in [2.05, 4.69) is 0 Å². The molecule has 0 unspecified atom stereocenters. The summed E-state index contributed by atoms with van der Waals surface area (Å²) in [5, 5.41) is -0.171. The van der Waals surface area contributed by atoms with E-state index in [0.717, 1.165) is 12.1 Å². The van der Waals surface area contributed by atoms with Crippen molar-refractivity contribution in [1.82, 2.24) is 0 Å². The maximum Gasteiger partial charge on any atom is 0.340 e. The second-order valence-electron chi connectivity index (χ2n) is 4.70. The zero-order valence-corrected chi connectivity index (χ0v) is 13.4. The highest BCUT2D eigenvalue weighted by Crippen LogP contribution is 2.31. The number of carbonyl (C=O) groups is 1. The maximum atomic E-state index is 11.9. The SMILES string of the molecule is CC(C)(C)OC(=O)c1cc(S(=O)(=O)Cl)c(Cl)cc1Cl. The van der Waals surface area contributed by atoms with Crippen molar-refractivity contribution in [3.05, 3.63) is 27.7 Å². The Kier molecular flexibility index (Phi) is 4.78. The Morgan fingerprint density at radius 2 is 1.68 bits per heavy atom. The molecule has 0 saturated heterocycles. The first kappa shape index (κ1) is 16.6. The van der Waals surface area contributed by atoms with Crippen molar-refractivity contribution >= 4 is 48.9 Å². The van der Waals surface area contributed by atoms with Gasteiger partial charge in [0.1, 0.15) is 10.5 Å². The fourth-order valence-electron chi connectivity index (χ4n) is 1.21. The molecule has 0 N–H and O–H groups in total. The van der Waals surface area contributed by atoms with Crippen LogP contribution in [0.5, 0.6) is 0 Å². The molecular weight excluding hydrogens is 335 g/mol. The van der Waals surface area contributed by atoms with Crippen LogP contribution in [0.2, 0.25) is 10.0 Å². The van der Waals surface area contributed by atoms with Gasteiger partial charge in [-0.2, -0.15) is 0 Å². The molecule has 0 amide bonds. The Labute approximate surface area is 126 Å². The largest absolute Gasteiger partial charge is 0.456 e. The number of carbonyl (C=O) groups excluding carboxylic acids is 1. The van der Waals surface area contributed by atoms with E-state index in [1.54, 1.807) is 20.8 Å². The lowest BCUT2D eigenvalue weighted by molar-refractivity contribution is 0.00695. The topological polar surface area (TPSA) is 60.4 Å². The minimum Gasteiger partial charge on any atom is -0.456 e. The summed E-state index contributed by atoms with van der Waals surface area (Å²) in [5.74, 6) is -0.754. The molecule has 1 aromatic carbocycles. The molecule has 8 heteroatoms. The molecule has 1 aromatic rings. The summed E-state index contributed by atoms with van der Waals surface area (Å²) in [4.78, 5) is 11.5. The van der Waals surface area contributed by atoms with Gasteiger partial charge in [0.15, 0.2) is 0 Å². The highest BCUT2D eigenvalue weighted by Gasteiger charge is 2.24. The fourth-order valence-corrected chi connectivity index (χ4v) is 3.02. The number of benzene rings is 1. The molecule has 0 aliphatic heterocycles. The number of hydrogen-bond acceptors (Lipinski definition) is 4. The molecule has 106 valence electrons. The lowest BCUT2D eigenvalue weighted by atomic mass is 10.1. The minimum atomic E-state index is -4.08. The van der Waals surface area contributed by atoms with Gasteiger partial charge in [0, 0.05) is 10.7 Å². The molecule has 1 rings (SSSR count). The third-order valence-electron chi connectivity index (χ3n) is 1.90. The van der Waals surface area contributed by atoms with E-state index in [-0.39, 0.29) is 20.5 Å². The van der Waals surface area contributed by atoms with Gasteiger partial charge in [0.2, 0.25) is 0 Å². The zero-order valence-electron chi connectivity index (χ0n) is 10.3. The Balaban J connectivity index is 3.34.